The van der Waals surface area contributed by atoms with Gasteiger partial charge in [0, 0.05) is 25.7 Å². The molecule has 19 heavy (non-hydrogen) atoms. The zero-order chi connectivity index (χ0) is 13.8. The van der Waals surface area contributed by atoms with Gasteiger partial charge in [-0.15, -0.1) is 0 Å². The molecule has 1 aliphatic heterocycles. The van der Waals surface area contributed by atoms with Crippen molar-refractivity contribution in [1.29, 1.82) is 0 Å². The van der Waals surface area contributed by atoms with Gasteiger partial charge >= 0.3 is 0 Å². The molecule has 2 atom stereocenters. The molecule has 2 heterocycles. The van der Waals surface area contributed by atoms with Crippen molar-refractivity contribution in [2.24, 2.45) is 0 Å². The molecule has 2 rings (SSSR count). The molecule has 4 nitrogen and oxygen atoms in total. The van der Waals surface area contributed by atoms with Crippen molar-refractivity contribution >= 4 is 11.7 Å². The minimum atomic E-state index is 0.157. The molecule has 1 fully saturated rings. The molecule has 4 heteroatoms. The third-order valence-electron chi connectivity index (χ3n) is 3.84. The first-order valence-corrected chi connectivity index (χ1v) is 7.11. The summed E-state index contributed by atoms with van der Waals surface area (Å²) in [6.07, 6.45) is 5.09. The van der Waals surface area contributed by atoms with Crippen LogP contribution in [0.3, 0.4) is 0 Å². The Labute approximate surface area is 115 Å². The van der Waals surface area contributed by atoms with Crippen molar-refractivity contribution in [2.45, 2.75) is 52.1 Å². The van der Waals surface area contributed by atoms with Gasteiger partial charge < -0.3 is 10.2 Å². The highest BCUT2D eigenvalue weighted by atomic mass is 16.2. The van der Waals surface area contributed by atoms with Crippen molar-refractivity contribution in [3.8, 4) is 0 Å². The molecule has 1 amide bonds. The lowest BCUT2D eigenvalue weighted by atomic mass is 10.1. The Bertz CT molecular complexity index is 430. The number of anilines is 1. The molecule has 0 bridgehead atoms. The van der Waals surface area contributed by atoms with E-state index in [4.69, 9.17) is 0 Å². The second-order valence-corrected chi connectivity index (χ2v) is 5.30. The Morgan fingerprint density at radius 3 is 2.95 bits per heavy atom. The molecule has 2 unspecified atom stereocenters. The molecule has 0 aromatic carbocycles. The Balaban J connectivity index is 2.07. The van der Waals surface area contributed by atoms with Crippen LogP contribution in [0.5, 0.6) is 0 Å². The summed E-state index contributed by atoms with van der Waals surface area (Å²) < 4.78 is 0. The number of rotatable bonds is 4. The van der Waals surface area contributed by atoms with E-state index in [0.717, 1.165) is 37.2 Å². The van der Waals surface area contributed by atoms with Gasteiger partial charge in [-0.1, -0.05) is 13.0 Å². The van der Waals surface area contributed by atoms with Gasteiger partial charge in [0.1, 0.15) is 5.82 Å². The maximum atomic E-state index is 11.6. The van der Waals surface area contributed by atoms with Gasteiger partial charge in [0.05, 0.1) is 6.04 Å². The highest BCUT2D eigenvalue weighted by Gasteiger charge is 2.27. The number of carbonyl (C=O) groups excluding carboxylic acids is 1. The van der Waals surface area contributed by atoms with Crippen LogP contribution in [0.15, 0.2) is 18.3 Å². The number of likely N-dealkylation sites (tertiary alicyclic amines) is 1. The smallest absolute Gasteiger partial charge is 0.219 e. The molecule has 0 radical (unpaired) electrons. The SMILES string of the molecule is CCC(C)Nc1ccc(C2CCCN2C(C)=O)cn1. The lowest BCUT2D eigenvalue weighted by Gasteiger charge is -2.23. The van der Waals surface area contributed by atoms with Crippen molar-refractivity contribution in [1.82, 2.24) is 9.88 Å². The predicted molar refractivity (Wildman–Crippen MR) is 77.0 cm³/mol. The van der Waals surface area contributed by atoms with E-state index in [1.165, 1.54) is 0 Å². The van der Waals surface area contributed by atoms with E-state index in [9.17, 15) is 4.79 Å². The standard InChI is InChI=1S/C15H23N3O/c1-4-11(2)17-15-8-7-13(10-16-15)14-6-5-9-18(14)12(3)19/h7-8,10-11,14H,4-6,9H2,1-3H3,(H,16,17). The molecule has 1 aromatic heterocycles. The summed E-state index contributed by atoms with van der Waals surface area (Å²) in [7, 11) is 0. The Morgan fingerprint density at radius 2 is 2.37 bits per heavy atom. The number of hydrogen-bond acceptors (Lipinski definition) is 3. The van der Waals surface area contributed by atoms with Gasteiger partial charge in [0.2, 0.25) is 5.91 Å². The van der Waals surface area contributed by atoms with E-state index < -0.39 is 0 Å². The molecule has 0 spiro atoms. The van der Waals surface area contributed by atoms with Crippen LogP contribution in [-0.2, 0) is 4.79 Å². The summed E-state index contributed by atoms with van der Waals surface area (Å²) in [4.78, 5) is 18.0. The largest absolute Gasteiger partial charge is 0.368 e. The van der Waals surface area contributed by atoms with Gasteiger partial charge in [0.15, 0.2) is 0 Å². The topological polar surface area (TPSA) is 45.2 Å². The molecule has 1 aromatic rings. The zero-order valence-corrected chi connectivity index (χ0v) is 12.0. The molecule has 104 valence electrons. The minimum absolute atomic E-state index is 0.157. The van der Waals surface area contributed by atoms with Crippen LogP contribution in [0.1, 0.15) is 51.6 Å². The Hall–Kier alpha value is -1.58. The number of amides is 1. The van der Waals surface area contributed by atoms with Crippen LogP contribution in [-0.4, -0.2) is 28.4 Å². The lowest BCUT2D eigenvalue weighted by Crippen LogP contribution is -2.28. The van der Waals surface area contributed by atoms with Gasteiger partial charge in [-0.3, -0.25) is 4.79 Å². The highest BCUT2D eigenvalue weighted by molar-refractivity contribution is 5.74. The van der Waals surface area contributed by atoms with E-state index in [2.05, 4.69) is 30.2 Å². The number of hydrogen-bond donors (Lipinski definition) is 1. The summed E-state index contributed by atoms with van der Waals surface area (Å²) >= 11 is 0. The van der Waals surface area contributed by atoms with Crippen molar-refractivity contribution in [2.75, 3.05) is 11.9 Å². The maximum absolute atomic E-state index is 11.6. The second-order valence-electron chi connectivity index (χ2n) is 5.30. The molecule has 1 N–H and O–H groups in total. The Morgan fingerprint density at radius 1 is 1.58 bits per heavy atom. The number of aromatic nitrogens is 1. The third kappa shape index (κ3) is 3.25. The van der Waals surface area contributed by atoms with Crippen LogP contribution in [0.4, 0.5) is 5.82 Å². The first kappa shape index (κ1) is 13.8. The second kappa shape index (κ2) is 6.04. The van der Waals surface area contributed by atoms with Crippen molar-refractivity contribution in [3.63, 3.8) is 0 Å². The van der Waals surface area contributed by atoms with Crippen molar-refractivity contribution in [3.05, 3.63) is 23.9 Å². The van der Waals surface area contributed by atoms with Gasteiger partial charge in [-0.05, 0) is 37.8 Å². The molecule has 0 aliphatic carbocycles. The predicted octanol–water partition coefficient (Wildman–Crippen LogP) is 2.98. The summed E-state index contributed by atoms with van der Waals surface area (Å²) in [5.41, 5.74) is 1.14. The molecule has 1 saturated heterocycles. The summed E-state index contributed by atoms with van der Waals surface area (Å²) in [5, 5.41) is 3.35. The third-order valence-corrected chi connectivity index (χ3v) is 3.84. The quantitative estimate of drug-likeness (QED) is 0.906. The van der Waals surface area contributed by atoms with E-state index in [1.54, 1.807) is 6.92 Å². The minimum Gasteiger partial charge on any atom is -0.368 e. The zero-order valence-electron chi connectivity index (χ0n) is 12.0. The van der Waals surface area contributed by atoms with Crippen LogP contribution in [0.2, 0.25) is 0 Å². The number of nitrogens with zero attached hydrogens (tertiary/aromatic N) is 2. The van der Waals surface area contributed by atoms with Gasteiger partial charge in [0.25, 0.3) is 0 Å². The van der Waals surface area contributed by atoms with E-state index >= 15 is 0 Å². The van der Waals surface area contributed by atoms with Crippen LogP contribution in [0, 0.1) is 0 Å². The normalized spacial score (nSPS) is 20.4. The maximum Gasteiger partial charge on any atom is 0.219 e. The van der Waals surface area contributed by atoms with Gasteiger partial charge in [-0.25, -0.2) is 4.98 Å². The average Bonchev–Trinajstić information content (AvgIpc) is 2.89. The molecule has 0 saturated carbocycles. The van der Waals surface area contributed by atoms with Crippen molar-refractivity contribution < 1.29 is 4.79 Å². The fourth-order valence-corrected chi connectivity index (χ4v) is 2.53. The molecule has 1 aliphatic rings. The van der Waals surface area contributed by atoms with E-state index in [1.807, 2.05) is 17.2 Å². The summed E-state index contributed by atoms with van der Waals surface area (Å²) in [6.45, 7) is 6.80. The monoisotopic (exact) mass is 261 g/mol. The summed E-state index contributed by atoms with van der Waals surface area (Å²) in [6, 6.07) is 4.74. The average molecular weight is 261 g/mol. The number of pyridine rings is 1. The molecular weight excluding hydrogens is 238 g/mol. The number of carbonyl (C=O) groups is 1. The number of nitrogens with one attached hydrogen (secondary N) is 1. The fourth-order valence-electron chi connectivity index (χ4n) is 2.53. The highest BCUT2D eigenvalue weighted by Crippen LogP contribution is 2.31. The Kier molecular flexibility index (Phi) is 4.40. The first-order valence-electron chi connectivity index (χ1n) is 7.11. The molecular formula is C15H23N3O. The van der Waals surface area contributed by atoms with E-state index in [-0.39, 0.29) is 11.9 Å². The fraction of sp³-hybridized carbons (Fsp3) is 0.600. The van der Waals surface area contributed by atoms with Gasteiger partial charge in [-0.2, -0.15) is 0 Å². The first-order chi connectivity index (χ1) is 9.11. The van der Waals surface area contributed by atoms with E-state index in [0.29, 0.717) is 6.04 Å². The lowest BCUT2D eigenvalue weighted by molar-refractivity contribution is -0.129. The van der Waals surface area contributed by atoms with Crippen LogP contribution in [0.25, 0.3) is 0 Å². The van der Waals surface area contributed by atoms with Crippen LogP contribution >= 0.6 is 0 Å². The van der Waals surface area contributed by atoms with Crippen LogP contribution < -0.4 is 5.32 Å². The summed E-state index contributed by atoms with van der Waals surface area (Å²) in [5.74, 6) is 1.06.